The van der Waals surface area contributed by atoms with Crippen LogP contribution in [0.15, 0.2) is 18.5 Å². The van der Waals surface area contributed by atoms with Crippen molar-refractivity contribution in [1.82, 2.24) is 9.88 Å². The number of carboxylic acids is 1. The molecule has 2 N–H and O–H groups in total. The normalized spacial score (nSPS) is 10.5. The lowest BCUT2D eigenvalue weighted by molar-refractivity contribution is -0.137. The maximum absolute atomic E-state index is 10.2. The highest BCUT2D eigenvalue weighted by Crippen LogP contribution is 2.00. The lowest BCUT2D eigenvalue weighted by Gasteiger charge is -2.01. The Bertz CT molecular complexity index is 307. The van der Waals surface area contributed by atoms with Crippen LogP contribution >= 0.6 is 0 Å². The van der Waals surface area contributed by atoms with E-state index in [0.717, 1.165) is 19.6 Å². The maximum Gasteiger partial charge on any atom is 0.303 e. The molecule has 1 aromatic heterocycles. The SMILES string of the molecule is CCn1ccc(CNCCCC(=O)O)c1. The molecule has 4 nitrogen and oxygen atoms in total. The molecule has 1 heterocycles. The molecule has 0 bridgehead atoms. The first-order chi connectivity index (χ1) is 7.22. The van der Waals surface area contributed by atoms with Gasteiger partial charge >= 0.3 is 5.97 Å². The van der Waals surface area contributed by atoms with Crippen LogP contribution in [-0.2, 0) is 17.9 Å². The van der Waals surface area contributed by atoms with E-state index in [0.29, 0.717) is 6.42 Å². The summed E-state index contributed by atoms with van der Waals surface area (Å²) in [4.78, 5) is 10.2. The lowest BCUT2D eigenvalue weighted by atomic mass is 10.3. The molecule has 0 aliphatic heterocycles. The first-order valence-corrected chi connectivity index (χ1v) is 5.29. The summed E-state index contributed by atoms with van der Waals surface area (Å²) in [6, 6.07) is 2.08. The van der Waals surface area contributed by atoms with Gasteiger partial charge in [0.2, 0.25) is 0 Å². The standard InChI is InChI=1S/C11H18N2O2/c1-2-13-7-5-10(9-13)8-12-6-3-4-11(14)15/h5,7,9,12H,2-4,6,8H2,1H3,(H,14,15). The van der Waals surface area contributed by atoms with Crippen molar-refractivity contribution in [3.63, 3.8) is 0 Å². The Balaban J connectivity index is 2.12. The van der Waals surface area contributed by atoms with Crippen molar-refractivity contribution in [3.05, 3.63) is 24.0 Å². The number of nitrogens with zero attached hydrogens (tertiary/aromatic N) is 1. The average molecular weight is 210 g/mol. The molecule has 0 aliphatic carbocycles. The fourth-order valence-corrected chi connectivity index (χ4v) is 1.39. The lowest BCUT2D eigenvalue weighted by Crippen LogP contribution is -2.15. The van der Waals surface area contributed by atoms with Gasteiger partial charge in [-0.05, 0) is 31.5 Å². The summed E-state index contributed by atoms with van der Waals surface area (Å²) in [5.74, 6) is -0.728. The van der Waals surface area contributed by atoms with E-state index in [1.807, 2.05) is 6.20 Å². The Labute approximate surface area is 89.9 Å². The number of aromatic nitrogens is 1. The van der Waals surface area contributed by atoms with Crippen LogP contribution in [0, 0.1) is 0 Å². The van der Waals surface area contributed by atoms with E-state index in [1.165, 1.54) is 5.56 Å². The van der Waals surface area contributed by atoms with Crippen LogP contribution in [0.3, 0.4) is 0 Å². The number of nitrogens with one attached hydrogen (secondary N) is 1. The summed E-state index contributed by atoms with van der Waals surface area (Å²) in [5, 5.41) is 11.7. The Kier molecular flexibility index (Phi) is 4.90. The summed E-state index contributed by atoms with van der Waals surface area (Å²) in [5.41, 5.74) is 1.24. The minimum atomic E-state index is -0.728. The molecule has 0 atom stereocenters. The molecule has 0 spiro atoms. The molecule has 15 heavy (non-hydrogen) atoms. The summed E-state index contributed by atoms with van der Waals surface area (Å²) in [6.07, 6.45) is 5.07. The molecule has 0 saturated heterocycles. The minimum Gasteiger partial charge on any atom is -0.481 e. The Morgan fingerprint density at radius 1 is 1.60 bits per heavy atom. The quantitative estimate of drug-likeness (QED) is 0.670. The summed E-state index contributed by atoms with van der Waals surface area (Å²) in [6.45, 7) is 4.65. The fraction of sp³-hybridized carbons (Fsp3) is 0.545. The number of hydrogen-bond acceptors (Lipinski definition) is 2. The van der Waals surface area contributed by atoms with E-state index in [-0.39, 0.29) is 6.42 Å². The van der Waals surface area contributed by atoms with Crippen LogP contribution in [0.25, 0.3) is 0 Å². The number of hydrogen-bond donors (Lipinski definition) is 2. The third kappa shape index (κ3) is 4.65. The zero-order valence-electron chi connectivity index (χ0n) is 9.07. The van der Waals surface area contributed by atoms with E-state index >= 15 is 0 Å². The molecule has 0 aliphatic rings. The highest BCUT2D eigenvalue weighted by molar-refractivity contribution is 5.66. The number of carboxylic acid groups (broad SMARTS) is 1. The van der Waals surface area contributed by atoms with Crippen LogP contribution < -0.4 is 5.32 Å². The van der Waals surface area contributed by atoms with Gasteiger partial charge in [-0.25, -0.2) is 0 Å². The maximum atomic E-state index is 10.2. The second-order valence-corrected chi connectivity index (χ2v) is 3.52. The molecule has 0 fully saturated rings. The molecule has 0 amide bonds. The van der Waals surface area contributed by atoms with E-state index in [4.69, 9.17) is 5.11 Å². The number of aryl methyl sites for hydroxylation is 1. The van der Waals surface area contributed by atoms with E-state index < -0.39 is 5.97 Å². The Morgan fingerprint density at radius 3 is 3.00 bits per heavy atom. The van der Waals surface area contributed by atoms with Gasteiger partial charge in [-0.1, -0.05) is 0 Å². The van der Waals surface area contributed by atoms with Crippen molar-refractivity contribution >= 4 is 5.97 Å². The first kappa shape index (κ1) is 11.8. The van der Waals surface area contributed by atoms with Crippen LogP contribution in [0.4, 0.5) is 0 Å². The Hall–Kier alpha value is -1.29. The van der Waals surface area contributed by atoms with Crippen molar-refractivity contribution < 1.29 is 9.90 Å². The predicted octanol–water partition coefficient (Wildman–Crippen LogP) is 1.46. The molecule has 0 radical (unpaired) electrons. The molecule has 1 aromatic rings. The third-order valence-corrected chi connectivity index (χ3v) is 2.25. The summed E-state index contributed by atoms with van der Waals surface area (Å²) in [7, 11) is 0. The number of rotatable bonds is 7. The van der Waals surface area contributed by atoms with E-state index in [9.17, 15) is 4.79 Å². The fourth-order valence-electron chi connectivity index (χ4n) is 1.39. The Morgan fingerprint density at radius 2 is 2.40 bits per heavy atom. The van der Waals surface area contributed by atoms with Crippen molar-refractivity contribution in [2.24, 2.45) is 0 Å². The largest absolute Gasteiger partial charge is 0.481 e. The van der Waals surface area contributed by atoms with Crippen LogP contribution in [0.5, 0.6) is 0 Å². The third-order valence-electron chi connectivity index (χ3n) is 2.25. The zero-order chi connectivity index (χ0) is 11.1. The molecular formula is C11H18N2O2. The second-order valence-electron chi connectivity index (χ2n) is 3.52. The monoisotopic (exact) mass is 210 g/mol. The van der Waals surface area contributed by atoms with Gasteiger partial charge in [0.05, 0.1) is 0 Å². The second kappa shape index (κ2) is 6.24. The van der Waals surface area contributed by atoms with Gasteiger partial charge in [0.25, 0.3) is 0 Å². The first-order valence-electron chi connectivity index (χ1n) is 5.29. The average Bonchev–Trinajstić information content (AvgIpc) is 2.65. The van der Waals surface area contributed by atoms with Crippen molar-refractivity contribution in [2.75, 3.05) is 6.54 Å². The molecular weight excluding hydrogens is 192 g/mol. The van der Waals surface area contributed by atoms with Gasteiger partial charge in [0.1, 0.15) is 0 Å². The van der Waals surface area contributed by atoms with E-state index in [1.54, 1.807) is 0 Å². The van der Waals surface area contributed by atoms with Crippen molar-refractivity contribution in [3.8, 4) is 0 Å². The van der Waals surface area contributed by atoms with Crippen LogP contribution in [0.1, 0.15) is 25.3 Å². The number of aliphatic carboxylic acids is 1. The molecule has 4 heteroatoms. The van der Waals surface area contributed by atoms with Gasteiger partial charge in [0.15, 0.2) is 0 Å². The molecule has 0 aromatic carbocycles. The highest BCUT2D eigenvalue weighted by atomic mass is 16.4. The van der Waals surface area contributed by atoms with Crippen LogP contribution in [0.2, 0.25) is 0 Å². The van der Waals surface area contributed by atoms with E-state index in [2.05, 4.69) is 29.1 Å². The summed E-state index contributed by atoms with van der Waals surface area (Å²) < 4.78 is 2.12. The smallest absolute Gasteiger partial charge is 0.303 e. The van der Waals surface area contributed by atoms with Gasteiger partial charge in [-0.2, -0.15) is 0 Å². The zero-order valence-corrected chi connectivity index (χ0v) is 9.07. The number of carbonyl (C=O) groups is 1. The molecule has 0 saturated carbocycles. The van der Waals surface area contributed by atoms with Crippen LogP contribution in [-0.4, -0.2) is 22.2 Å². The van der Waals surface area contributed by atoms with Gasteiger partial charge in [-0.3, -0.25) is 4.79 Å². The molecule has 1 rings (SSSR count). The minimum absolute atomic E-state index is 0.239. The molecule has 0 unspecified atom stereocenters. The van der Waals surface area contributed by atoms with Gasteiger partial charge < -0.3 is 15.0 Å². The molecule has 84 valence electrons. The summed E-state index contributed by atoms with van der Waals surface area (Å²) >= 11 is 0. The predicted molar refractivity (Wildman–Crippen MR) is 58.7 cm³/mol. The van der Waals surface area contributed by atoms with Gasteiger partial charge in [-0.15, -0.1) is 0 Å². The highest BCUT2D eigenvalue weighted by Gasteiger charge is 1.97. The van der Waals surface area contributed by atoms with Crippen molar-refractivity contribution in [2.45, 2.75) is 32.9 Å². The topological polar surface area (TPSA) is 54.3 Å². The van der Waals surface area contributed by atoms with Gasteiger partial charge in [0, 0.05) is 31.9 Å². The van der Waals surface area contributed by atoms with Crippen molar-refractivity contribution in [1.29, 1.82) is 0 Å².